The van der Waals surface area contributed by atoms with E-state index < -0.39 is 0 Å². The summed E-state index contributed by atoms with van der Waals surface area (Å²) in [6, 6.07) is 46.8. The lowest BCUT2D eigenvalue weighted by Crippen LogP contribution is -2.35. The molecule has 0 N–H and O–H groups in total. The SMILES string of the molecule is CC1N(C)C(c2ccccc2)=C(c2ccccc2)N1C.CC1N(C)C(c2ccccc2)C(c2ccccc2)N1C.CC1N(C)C=CN1C.CC1N(C)CCN1C.CCCCC1=C(CCCC)N(C)C(C)N1C.CCCCC1=C(CCCC)N(C)C(C)N1C.CCCCC1C(CCCC)N(C)C(C)N1C.CCCCC1C(CCCC)N(C)C(C)N1C. The molecule has 8 aliphatic rings. The molecule has 6 atom stereocenters. The molecule has 4 saturated heterocycles. The molecule has 0 saturated carbocycles. The van der Waals surface area contributed by atoms with E-state index in [1.165, 1.54) is 201 Å². The quantitative estimate of drug-likeness (QED) is 0.0542. The van der Waals surface area contributed by atoms with Crippen molar-refractivity contribution >= 4 is 11.4 Å². The second kappa shape index (κ2) is 53.9. The number of hydrogen-bond acceptors (Lipinski definition) is 16. The molecule has 120 heavy (non-hydrogen) atoms. The van der Waals surface area contributed by atoms with Crippen LogP contribution in [0.25, 0.3) is 11.4 Å². The highest BCUT2D eigenvalue weighted by molar-refractivity contribution is 5.91. The van der Waals surface area contributed by atoms with Crippen LogP contribution in [0.5, 0.6) is 0 Å². The molecular weight excluding hydrogens is 1470 g/mol. The Hall–Kier alpha value is -6.08. The second-order valence-electron chi connectivity index (χ2n) is 36.5. The smallest absolute Gasteiger partial charge is 0.0982 e. The molecule has 0 amide bonds. The maximum atomic E-state index is 2.58. The van der Waals surface area contributed by atoms with E-state index in [-0.39, 0.29) is 0 Å². The lowest BCUT2D eigenvalue weighted by Gasteiger charge is -2.26. The largest absolute Gasteiger partial charge is 0.359 e. The average molecular weight is 1660 g/mol. The van der Waals surface area contributed by atoms with Gasteiger partial charge in [0, 0.05) is 129 Å². The van der Waals surface area contributed by atoms with Gasteiger partial charge in [-0.15, -0.1) is 0 Å². The molecule has 16 heteroatoms. The van der Waals surface area contributed by atoms with Crippen LogP contribution in [0.1, 0.15) is 299 Å². The number of hydrogen-bond donors (Lipinski definition) is 0. The average Bonchev–Trinajstić information content (AvgIpc) is 1.63. The number of allylic oxidation sites excluding steroid dienone is 4. The minimum Gasteiger partial charge on any atom is -0.359 e. The highest BCUT2D eigenvalue weighted by Gasteiger charge is 2.44. The van der Waals surface area contributed by atoms with Gasteiger partial charge in [-0.2, -0.15) is 0 Å². The topological polar surface area (TPSA) is 51.8 Å². The van der Waals surface area contributed by atoms with Crippen LogP contribution in [0.4, 0.5) is 0 Å². The molecule has 16 nitrogen and oxygen atoms in total. The number of unbranched alkanes of at least 4 members (excludes halogenated alkanes) is 8. The molecule has 0 aromatic heterocycles. The van der Waals surface area contributed by atoms with Gasteiger partial charge in [0.05, 0.1) is 72.8 Å². The minimum atomic E-state index is 0.361. The van der Waals surface area contributed by atoms with Crippen molar-refractivity contribution in [2.45, 2.75) is 350 Å². The summed E-state index contributed by atoms with van der Waals surface area (Å²) >= 11 is 0. The van der Waals surface area contributed by atoms with Crippen molar-refractivity contribution in [2.24, 2.45) is 0 Å². The van der Waals surface area contributed by atoms with Crippen LogP contribution >= 0.6 is 0 Å². The van der Waals surface area contributed by atoms with E-state index in [2.05, 4.69) is 436 Å². The second-order valence-corrected chi connectivity index (χ2v) is 36.5. The minimum absolute atomic E-state index is 0.361. The van der Waals surface area contributed by atoms with Gasteiger partial charge in [-0.25, -0.2) is 0 Å². The molecule has 6 unspecified atom stereocenters. The summed E-state index contributed by atoms with van der Waals surface area (Å²) in [5, 5.41) is 0. The van der Waals surface area contributed by atoms with E-state index in [4.69, 9.17) is 0 Å². The lowest BCUT2D eigenvalue weighted by atomic mass is 9.93. The summed E-state index contributed by atoms with van der Waals surface area (Å²) in [5.41, 5.74) is 14.3. The van der Waals surface area contributed by atoms with Crippen LogP contribution in [-0.4, -0.2) is 278 Å². The van der Waals surface area contributed by atoms with Crippen LogP contribution < -0.4 is 0 Å². The molecule has 0 bridgehead atoms. The van der Waals surface area contributed by atoms with Crippen molar-refractivity contribution in [3.05, 3.63) is 179 Å². The molecule has 4 aromatic carbocycles. The normalized spacial score (nSPS) is 23.9. The van der Waals surface area contributed by atoms with Gasteiger partial charge in [-0.05, 0) is 211 Å². The Morgan fingerprint density at radius 3 is 0.675 bits per heavy atom. The van der Waals surface area contributed by atoms with E-state index in [9.17, 15) is 0 Å². The van der Waals surface area contributed by atoms with Gasteiger partial charge in [0.25, 0.3) is 0 Å². The lowest BCUT2D eigenvalue weighted by molar-refractivity contribution is 0.177. The first-order valence-electron chi connectivity index (χ1n) is 48.0. The van der Waals surface area contributed by atoms with Crippen molar-refractivity contribution in [2.75, 3.05) is 126 Å². The molecule has 12 rings (SSSR count). The third-order valence-electron chi connectivity index (χ3n) is 29.0. The van der Waals surface area contributed by atoms with Crippen molar-refractivity contribution in [3.8, 4) is 0 Å². The zero-order chi connectivity index (χ0) is 89.0. The van der Waals surface area contributed by atoms with Crippen LogP contribution in [0, 0.1) is 0 Å². The zero-order valence-electron chi connectivity index (χ0n) is 83.3. The third kappa shape index (κ3) is 28.5. The number of likely N-dealkylation sites (N-methyl/N-ethyl adjacent to an activating group) is 8. The molecule has 8 heterocycles. The predicted molar refractivity (Wildman–Crippen MR) is 522 cm³/mol. The molecule has 680 valence electrons. The number of nitrogens with zero attached hydrogens (tertiary/aromatic N) is 16. The molecular formula is C104H184N16. The summed E-state index contributed by atoms with van der Waals surface area (Å²) in [6.07, 6.45) is 40.1. The van der Waals surface area contributed by atoms with Gasteiger partial charge in [0.1, 0.15) is 0 Å². The fourth-order valence-electron chi connectivity index (χ4n) is 18.8. The van der Waals surface area contributed by atoms with Crippen LogP contribution in [0.3, 0.4) is 0 Å². The molecule has 0 spiro atoms. The van der Waals surface area contributed by atoms with Crippen molar-refractivity contribution in [1.29, 1.82) is 0 Å². The number of benzene rings is 4. The van der Waals surface area contributed by atoms with E-state index in [0.29, 0.717) is 61.4 Å². The Bertz CT molecular complexity index is 3200. The fourth-order valence-corrected chi connectivity index (χ4v) is 18.8. The monoisotopic (exact) mass is 1660 g/mol. The highest BCUT2D eigenvalue weighted by atomic mass is 15.5. The van der Waals surface area contributed by atoms with Crippen molar-refractivity contribution in [1.82, 2.24) is 78.4 Å². The van der Waals surface area contributed by atoms with Crippen LogP contribution in [0.2, 0.25) is 0 Å². The summed E-state index contributed by atoms with van der Waals surface area (Å²) in [4.78, 5) is 38.8. The molecule has 4 fully saturated rings. The first-order chi connectivity index (χ1) is 57.3. The number of rotatable bonds is 28. The fraction of sp³-hybridized carbons (Fsp3) is 0.692. The first kappa shape index (κ1) is 104. The summed E-state index contributed by atoms with van der Waals surface area (Å²) < 4.78 is 0. The Labute approximate surface area is 740 Å². The van der Waals surface area contributed by atoms with Crippen LogP contribution in [0.15, 0.2) is 157 Å². The van der Waals surface area contributed by atoms with E-state index in [1.54, 1.807) is 22.8 Å². The summed E-state index contributed by atoms with van der Waals surface area (Å²) in [5.74, 6) is 0. The Morgan fingerprint density at radius 2 is 0.467 bits per heavy atom. The van der Waals surface area contributed by atoms with Gasteiger partial charge < -0.3 is 39.2 Å². The summed E-state index contributed by atoms with van der Waals surface area (Å²) in [7, 11) is 35.4. The maximum Gasteiger partial charge on any atom is 0.0982 e. The standard InChI is InChI=1S/C18H22N2.C18H20N2.2C14H30N2.2C14H28N2.C6H14N2.C6H12N2/c2*1-14-19(2)17(15-10-6-4-7-11-15)18(20(14)3)16-12-8-5-9-13-16;4*1-6-8-10-13-14(11-9-7-2)16(5)12(3)15(13)4;2*1-6-7(2)4-5-8(6)3/h4-14,17-18H,1-3H3;4-14H,1-3H3;2*12-14H,6-11H2,1-5H3;2*12H,6-11H2,1-5H3;6H,4-5H2,1-3H3;4-6H,1-3H3. The van der Waals surface area contributed by atoms with E-state index in [0.717, 1.165) is 24.2 Å². The Morgan fingerprint density at radius 1 is 0.242 bits per heavy atom. The predicted octanol–water partition coefficient (Wildman–Crippen LogP) is 22.6. The molecule has 8 aliphatic heterocycles. The first-order valence-corrected chi connectivity index (χ1v) is 48.0. The van der Waals surface area contributed by atoms with Gasteiger partial charge in [-0.3, -0.25) is 39.2 Å². The van der Waals surface area contributed by atoms with E-state index >= 15 is 0 Å². The third-order valence-corrected chi connectivity index (χ3v) is 29.0. The van der Waals surface area contributed by atoms with Crippen molar-refractivity contribution < 1.29 is 0 Å². The summed E-state index contributed by atoms with van der Waals surface area (Å²) in [6.45, 7) is 38.9. The molecule has 0 radical (unpaired) electrons. The molecule has 0 aliphatic carbocycles. The highest BCUT2D eigenvalue weighted by Crippen LogP contribution is 2.46. The van der Waals surface area contributed by atoms with Gasteiger partial charge in [-0.1, -0.05) is 254 Å². The van der Waals surface area contributed by atoms with Crippen molar-refractivity contribution in [3.63, 3.8) is 0 Å². The Balaban J connectivity index is 0.000000248. The van der Waals surface area contributed by atoms with Gasteiger partial charge >= 0.3 is 0 Å². The maximum absolute atomic E-state index is 2.58. The Kier molecular flexibility index (Phi) is 47.0. The zero-order valence-corrected chi connectivity index (χ0v) is 83.3. The van der Waals surface area contributed by atoms with Crippen LogP contribution in [-0.2, 0) is 0 Å². The van der Waals surface area contributed by atoms with E-state index in [1.807, 2.05) is 0 Å². The van der Waals surface area contributed by atoms with Gasteiger partial charge in [0.15, 0.2) is 0 Å². The van der Waals surface area contributed by atoms with Gasteiger partial charge in [0.2, 0.25) is 0 Å². The molecule has 4 aromatic rings.